The van der Waals surface area contributed by atoms with Crippen molar-refractivity contribution >= 4 is 11.9 Å². The molecular weight excluding hydrogens is 324 g/mol. The number of aromatic nitrogens is 4. The zero-order chi connectivity index (χ0) is 17.8. The van der Waals surface area contributed by atoms with Crippen molar-refractivity contribution in [3.63, 3.8) is 0 Å². The highest BCUT2D eigenvalue weighted by Gasteiger charge is 2.25. The summed E-state index contributed by atoms with van der Waals surface area (Å²) in [5.41, 5.74) is 8.56. The van der Waals surface area contributed by atoms with Crippen molar-refractivity contribution in [1.29, 1.82) is 0 Å². The number of carboxylic acid groups (broad SMARTS) is 1. The second kappa shape index (κ2) is 7.47. The Bertz CT molecular complexity index is 739. The van der Waals surface area contributed by atoms with Crippen LogP contribution in [-0.2, 0) is 35.5 Å². The number of hydrogen-bond donors (Lipinski definition) is 3. The van der Waals surface area contributed by atoms with Gasteiger partial charge in [-0.3, -0.25) is 14.3 Å². The van der Waals surface area contributed by atoms with Crippen molar-refractivity contribution in [3.05, 3.63) is 35.7 Å². The smallest absolute Gasteiger partial charge is 0.303 e. The first kappa shape index (κ1) is 17.2. The van der Waals surface area contributed by atoms with Crippen molar-refractivity contribution in [1.82, 2.24) is 24.6 Å². The molecule has 0 aromatic carbocycles. The summed E-state index contributed by atoms with van der Waals surface area (Å²) >= 11 is 0. The molecule has 134 valence electrons. The van der Waals surface area contributed by atoms with Crippen LogP contribution in [-0.4, -0.2) is 54.2 Å². The second-order valence-electron chi connectivity index (χ2n) is 6.24. The molecule has 0 aliphatic carbocycles. The van der Waals surface area contributed by atoms with Crippen LogP contribution in [0, 0.1) is 0 Å². The van der Waals surface area contributed by atoms with Gasteiger partial charge in [0.15, 0.2) is 0 Å². The molecule has 9 heteroatoms. The zero-order valence-electron chi connectivity index (χ0n) is 13.9. The van der Waals surface area contributed by atoms with E-state index < -0.39 is 12.0 Å². The van der Waals surface area contributed by atoms with Crippen LogP contribution >= 0.6 is 0 Å². The molecule has 1 aliphatic heterocycles. The highest BCUT2D eigenvalue weighted by Crippen LogP contribution is 2.16. The van der Waals surface area contributed by atoms with E-state index in [-0.39, 0.29) is 12.3 Å². The molecule has 2 aromatic heterocycles. The van der Waals surface area contributed by atoms with Crippen LogP contribution in [0.5, 0.6) is 0 Å². The molecule has 1 amide bonds. The van der Waals surface area contributed by atoms with Crippen LogP contribution in [0.25, 0.3) is 0 Å². The summed E-state index contributed by atoms with van der Waals surface area (Å²) in [5, 5.41) is 13.2. The number of aryl methyl sites for hydroxylation is 2. The van der Waals surface area contributed by atoms with E-state index in [9.17, 15) is 9.59 Å². The summed E-state index contributed by atoms with van der Waals surface area (Å²) in [7, 11) is 0. The molecule has 2 aromatic rings. The van der Waals surface area contributed by atoms with Crippen LogP contribution in [0.3, 0.4) is 0 Å². The van der Waals surface area contributed by atoms with Gasteiger partial charge in [-0.2, -0.15) is 5.10 Å². The summed E-state index contributed by atoms with van der Waals surface area (Å²) in [5.74, 6) is -0.943. The summed E-state index contributed by atoms with van der Waals surface area (Å²) < 4.78 is 1.87. The molecule has 0 saturated heterocycles. The Hall–Kier alpha value is -2.68. The lowest BCUT2D eigenvalue weighted by Crippen LogP contribution is -2.44. The Kier molecular flexibility index (Phi) is 5.13. The molecule has 3 heterocycles. The molecule has 0 unspecified atom stereocenters. The average Bonchev–Trinajstić information content (AvgIpc) is 3.17. The molecule has 0 radical (unpaired) electrons. The maximum atomic E-state index is 12.7. The zero-order valence-corrected chi connectivity index (χ0v) is 13.9. The number of rotatable bonds is 6. The van der Waals surface area contributed by atoms with Gasteiger partial charge in [-0.05, 0) is 12.5 Å². The minimum atomic E-state index is -0.843. The number of carboxylic acids is 1. The number of amides is 1. The molecule has 0 bridgehead atoms. The van der Waals surface area contributed by atoms with E-state index in [1.807, 2.05) is 10.7 Å². The van der Waals surface area contributed by atoms with Gasteiger partial charge >= 0.3 is 5.97 Å². The molecule has 9 nitrogen and oxygen atoms in total. The van der Waals surface area contributed by atoms with Crippen LogP contribution in [0.1, 0.15) is 29.9 Å². The van der Waals surface area contributed by atoms with Gasteiger partial charge < -0.3 is 20.7 Å². The lowest BCUT2D eigenvalue weighted by molar-refractivity contribution is -0.137. The Labute approximate surface area is 144 Å². The Morgan fingerprint density at radius 1 is 1.40 bits per heavy atom. The quantitative estimate of drug-likeness (QED) is 0.671. The number of aromatic amines is 1. The van der Waals surface area contributed by atoms with Gasteiger partial charge in [0.05, 0.1) is 36.7 Å². The standard InChI is InChI=1S/C16H22N6O3/c17-14(7-12-8-18-10-19-12)16(25)21-4-1-5-22-13(9-21)6-11(20-22)2-3-15(23)24/h6,8,10,14H,1-5,7,9,17H2,(H,18,19)(H,23,24)/t14-/m0/s1. The van der Waals surface area contributed by atoms with Gasteiger partial charge in [-0.15, -0.1) is 0 Å². The minimum Gasteiger partial charge on any atom is -0.481 e. The van der Waals surface area contributed by atoms with E-state index >= 15 is 0 Å². The highest BCUT2D eigenvalue weighted by molar-refractivity contribution is 5.82. The molecular formula is C16H22N6O3. The van der Waals surface area contributed by atoms with Gasteiger partial charge in [-0.25, -0.2) is 4.98 Å². The number of imidazole rings is 1. The van der Waals surface area contributed by atoms with E-state index in [1.165, 1.54) is 0 Å². The predicted molar refractivity (Wildman–Crippen MR) is 88.5 cm³/mol. The molecule has 1 aliphatic rings. The Balaban J connectivity index is 1.65. The third-order valence-electron chi connectivity index (χ3n) is 4.28. The normalized spacial score (nSPS) is 15.5. The predicted octanol–water partition coefficient (Wildman–Crippen LogP) is -0.0743. The van der Waals surface area contributed by atoms with Crippen molar-refractivity contribution in [2.45, 2.75) is 44.8 Å². The number of nitrogens with two attached hydrogens (primary N) is 1. The van der Waals surface area contributed by atoms with Crippen LogP contribution in [0.15, 0.2) is 18.6 Å². The topological polar surface area (TPSA) is 130 Å². The number of hydrogen-bond acceptors (Lipinski definition) is 5. The van der Waals surface area contributed by atoms with Crippen LogP contribution < -0.4 is 5.73 Å². The maximum Gasteiger partial charge on any atom is 0.303 e. The number of H-pyrrole nitrogens is 1. The summed E-state index contributed by atoms with van der Waals surface area (Å²) in [6.07, 6.45) is 4.87. The minimum absolute atomic E-state index is 0.0498. The lowest BCUT2D eigenvalue weighted by atomic mass is 10.1. The van der Waals surface area contributed by atoms with E-state index in [0.717, 1.165) is 23.5 Å². The average molecular weight is 346 g/mol. The molecule has 0 saturated carbocycles. The number of nitrogens with zero attached hydrogens (tertiary/aromatic N) is 4. The summed E-state index contributed by atoms with van der Waals surface area (Å²) in [6.45, 7) is 1.78. The first-order chi connectivity index (χ1) is 12.0. The first-order valence-corrected chi connectivity index (χ1v) is 8.32. The largest absolute Gasteiger partial charge is 0.481 e. The van der Waals surface area contributed by atoms with Gasteiger partial charge in [0.2, 0.25) is 5.91 Å². The van der Waals surface area contributed by atoms with Crippen molar-refractivity contribution in [3.8, 4) is 0 Å². The van der Waals surface area contributed by atoms with Crippen molar-refractivity contribution < 1.29 is 14.7 Å². The van der Waals surface area contributed by atoms with Crippen molar-refractivity contribution in [2.75, 3.05) is 6.54 Å². The second-order valence-corrected chi connectivity index (χ2v) is 6.24. The maximum absolute atomic E-state index is 12.7. The van der Waals surface area contributed by atoms with Gasteiger partial charge in [-0.1, -0.05) is 0 Å². The molecule has 1 atom stereocenters. The number of aliphatic carboxylic acids is 1. The lowest BCUT2D eigenvalue weighted by Gasteiger charge is -2.23. The van der Waals surface area contributed by atoms with Crippen molar-refractivity contribution in [2.24, 2.45) is 5.73 Å². The number of nitrogens with one attached hydrogen (secondary N) is 1. The fourth-order valence-corrected chi connectivity index (χ4v) is 3.02. The monoisotopic (exact) mass is 346 g/mol. The van der Waals surface area contributed by atoms with Crippen LogP contribution in [0.2, 0.25) is 0 Å². The van der Waals surface area contributed by atoms with Gasteiger partial charge in [0.25, 0.3) is 0 Å². The Morgan fingerprint density at radius 2 is 2.24 bits per heavy atom. The molecule has 3 rings (SSSR count). The fourth-order valence-electron chi connectivity index (χ4n) is 3.02. The number of carbonyl (C=O) groups is 2. The SMILES string of the molecule is N[C@@H](Cc1cnc[nH]1)C(=O)N1CCCn2nc(CCC(=O)O)cc2C1. The molecule has 25 heavy (non-hydrogen) atoms. The van der Waals surface area contributed by atoms with E-state index in [4.69, 9.17) is 10.8 Å². The third-order valence-corrected chi connectivity index (χ3v) is 4.28. The fraction of sp³-hybridized carbons (Fsp3) is 0.500. The Morgan fingerprint density at radius 3 is 2.96 bits per heavy atom. The van der Waals surface area contributed by atoms with E-state index in [2.05, 4.69) is 15.1 Å². The number of carbonyl (C=O) groups excluding carboxylic acids is 1. The summed E-state index contributed by atoms with van der Waals surface area (Å²) in [4.78, 5) is 32.0. The highest BCUT2D eigenvalue weighted by atomic mass is 16.4. The molecule has 0 spiro atoms. The van der Waals surface area contributed by atoms with Gasteiger partial charge in [0.1, 0.15) is 0 Å². The molecule has 0 fully saturated rings. The van der Waals surface area contributed by atoms with E-state index in [0.29, 0.717) is 32.5 Å². The first-order valence-electron chi connectivity index (χ1n) is 8.32. The number of fused-ring (bicyclic) bond motifs is 1. The van der Waals surface area contributed by atoms with Crippen LogP contribution in [0.4, 0.5) is 0 Å². The molecule has 4 N–H and O–H groups in total. The summed E-state index contributed by atoms with van der Waals surface area (Å²) in [6, 6.07) is 1.26. The third kappa shape index (κ3) is 4.24. The van der Waals surface area contributed by atoms with Gasteiger partial charge in [0, 0.05) is 37.8 Å². The van der Waals surface area contributed by atoms with E-state index in [1.54, 1.807) is 17.4 Å².